The number of nitriles is 1. The predicted octanol–water partition coefficient (Wildman–Crippen LogP) is 3.25. The van der Waals surface area contributed by atoms with Crippen LogP contribution in [0.4, 0.5) is 0 Å². The molecule has 4 nitrogen and oxygen atoms in total. The Balaban J connectivity index is 2.68. The van der Waals surface area contributed by atoms with E-state index in [0.717, 1.165) is 40.9 Å². The van der Waals surface area contributed by atoms with Crippen LogP contribution >= 0.6 is 15.9 Å². The van der Waals surface area contributed by atoms with E-state index in [1.165, 1.54) is 0 Å². The normalized spacial score (nSPS) is 10.0. The van der Waals surface area contributed by atoms with E-state index in [1.54, 1.807) is 7.11 Å². The van der Waals surface area contributed by atoms with E-state index in [2.05, 4.69) is 27.3 Å². The highest BCUT2D eigenvalue weighted by Gasteiger charge is 2.11. The standard InChI is InChI=1S/C14H19BrN2O2/c1-17-10-11-8-12(15)14(13(9-11)18-2)19-7-5-3-4-6-16/h8-9,17H,3-5,7,10H2,1-2H3. The highest BCUT2D eigenvalue weighted by atomic mass is 79.9. The maximum Gasteiger partial charge on any atom is 0.175 e. The van der Waals surface area contributed by atoms with Gasteiger partial charge in [-0.25, -0.2) is 0 Å². The van der Waals surface area contributed by atoms with E-state index < -0.39 is 0 Å². The fourth-order valence-electron chi connectivity index (χ4n) is 1.70. The molecule has 0 heterocycles. The molecule has 0 saturated carbocycles. The lowest BCUT2D eigenvalue weighted by atomic mass is 10.2. The molecule has 0 spiro atoms. The molecule has 0 fully saturated rings. The molecule has 1 rings (SSSR count). The topological polar surface area (TPSA) is 54.3 Å². The third kappa shape index (κ3) is 5.09. The Morgan fingerprint density at radius 1 is 1.37 bits per heavy atom. The summed E-state index contributed by atoms with van der Waals surface area (Å²) in [7, 11) is 3.54. The van der Waals surface area contributed by atoms with Gasteiger partial charge in [-0.15, -0.1) is 0 Å². The molecule has 0 atom stereocenters. The van der Waals surface area contributed by atoms with Gasteiger partial charge in [0.1, 0.15) is 0 Å². The van der Waals surface area contributed by atoms with Gasteiger partial charge in [-0.3, -0.25) is 0 Å². The second-order valence-electron chi connectivity index (χ2n) is 4.10. The summed E-state index contributed by atoms with van der Waals surface area (Å²) >= 11 is 3.51. The van der Waals surface area contributed by atoms with E-state index in [0.29, 0.717) is 13.0 Å². The average molecular weight is 327 g/mol. The Kier molecular flexibility index (Phi) is 7.31. The average Bonchev–Trinajstić information content (AvgIpc) is 2.40. The first-order chi connectivity index (χ1) is 9.22. The van der Waals surface area contributed by atoms with Crippen molar-refractivity contribution in [1.29, 1.82) is 5.26 Å². The van der Waals surface area contributed by atoms with Crippen LogP contribution < -0.4 is 14.8 Å². The summed E-state index contributed by atoms with van der Waals surface area (Å²) in [5.74, 6) is 1.44. The van der Waals surface area contributed by atoms with Crippen molar-refractivity contribution in [3.05, 3.63) is 22.2 Å². The molecule has 0 amide bonds. The van der Waals surface area contributed by atoms with E-state index in [4.69, 9.17) is 14.7 Å². The number of nitrogens with one attached hydrogen (secondary N) is 1. The minimum Gasteiger partial charge on any atom is -0.493 e. The minimum atomic E-state index is 0.572. The van der Waals surface area contributed by atoms with Crippen molar-refractivity contribution in [2.45, 2.75) is 25.8 Å². The quantitative estimate of drug-likeness (QED) is 0.745. The van der Waals surface area contributed by atoms with Gasteiger partial charge in [-0.05, 0) is 53.5 Å². The zero-order valence-corrected chi connectivity index (χ0v) is 12.9. The van der Waals surface area contributed by atoms with E-state index in [-0.39, 0.29) is 0 Å². The number of ether oxygens (including phenoxy) is 2. The second kappa shape index (κ2) is 8.78. The number of hydrogen-bond acceptors (Lipinski definition) is 4. The molecular formula is C14H19BrN2O2. The van der Waals surface area contributed by atoms with Gasteiger partial charge in [-0.1, -0.05) is 0 Å². The van der Waals surface area contributed by atoms with Crippen molar-refractivity contribution in [3.8, 4) is 17.6 Å². The molecule has 0 aromatic heterocycles. The third-order valence-corrected chi connectivity index (χ3v) is 3.19. The van der Waals surface area contributed by atoms with E-state index in [1.807, 2.05) is 19.2 Å². The third-order valence-electron chi connectivity index (χ3n) is 2.60. The molecule has 1 N–H and O–H groups in total. The zero-order chi connectivity index (χ0) is 14.1. The fourth-order valence-corrected chi connectivity index (χ4v) is 2.30. The molecule has 0 radical (unpaired) electrons. The summed E-state index contributed by atoms with van der Waals surface area (Å²) in [4.78, 5) is 0. The molecule has 0 saturated heterocycles. The monoisotopic (exact) mass is 326 g/mol. The molecule has 0 aliphatic heterocycles. The Bertz CT molecular complexity index is 444. The molecule has 0 unspecified atom stereocenters. The molecule has 0 aliphatic carbocycles. The zero-order valence-electron chi connectivity index (χ0n) is 11.3. The highest BCUT2D eigenvalue weighted by Crippen LogP contribution is 2.36. The molecule has 19 heavy (non-hydrogen) atoms. The lowest BCUT2D eigenvalue weighted by Gasteiger charge is -2.14. The van der Waals surface area contributed by atoms with Gasteiger partial charge >= 0.3 is 0 Å². The Morgan fingerprint density at radius 3 is 2.79 bits per heavy atom. The van der Waals surface area contributed by atoms with Crippen LogP contribution in [0.25, 0.3) is 0 Å². The lowest BCUT2D eigenvalue weighted by molar-refractivity contribution is 0.285. The van der Waals surface area contributed by atoms with Gasteiger partial charge < -0.3 is 14.8 Å². The van der Waals surface area contributed by atoms with Crippen molar-refractivity contribution in [2.24, 2.45) is 0 Å². The van der Waals surface area contributed by atoms with Crippen LogP contribution in [-0.2, 0) is 6.54 Å². The number of methoxy groups -OCH3 is 1. The second-order valence-corrected chi connectivity index (χ2v) is 4.96. The molecule has 1 aromatic rings. The van der Waals surface area contributed by atoms with Gasteiger partial charge in [0, 0.05) is 13.0 Å². The molecule has 5 heteroatoms. The Morgan fingerprint density at radius 2 is 2.16 bits per heavy atom. The molecule has 0 bridgehead atoms. The number of benzene rings is 1. The van der Waals surface area contributed by atoms with E-state index in [9.17, 15) is 0 Å². The first kappa shape index (κ1) is 15.8. The van der Waals surface area contributed by atoms with Crippen molar-refractivity contribution < 1.29 is 9.47 Å². The molecule has 1 aromatic carbocycles. The van der Waals surface area contributed by atoms with Gasteiger partial charge in [0.25, 0.3) is 0 Å². The van der Waals surface area contributed by atoms with Gasteiger partial charge in [0.15, 0.2) is 11.5 Å². The van der Waals surface area contributed by atoms with Gasteiger partial charge in [0.05, 0.1) is 24.3 Å². The summed E-state index contributed by atoms with van der Waals surface area (Å²) < 4.78 is 12.0. The number of nitrogens with zero attached hydrogens (tertiary/aromatic N) is 1. The molecular weight excluding hydrogens is 308 g/mol. The fraction of sp³-hybridized carbons (Fsp3) is 0.500. The summed E-state index contributed by atoms with van der Waals surface area (Å²) in [5.41, 5.74) is 1.13. The number of halogens is 1. The van der Waals surface area contributed by atoms with Crippen LogP contribution in [0, 0.1) is 11.3 Å². The van der Waals surface area contributed by atoms with Crippen molar-refractivity contribution in [2.75, 3.05) is 20.8 Å². The predicted molar refractivity (Wildman–Crippen MR) is 78.4 cm³/mol. The summed E-state index contributed by atoms with van der Waals surface area (Å²) in [5, 5.41) is 11.6. The summed E-state index contributed by atoms with van der Waals surface area (Å²) in [6.07, 6.45) is 2.29. The SMILES string of the molecule is CNCc1cc(Br)c(OCCCCC#N)c(OC)c1. The summed E-state index contributed by atoms with van der Waals surface area (Å²) in [6, 6.07) is 6.11. The first-order valence-electron chi connectivity index (χ1n) is 6.23. The Labute approximate surface area is 122 Å². The number of unbranched alkanes of at least 4 members (excludes halogenated alkanes) is 2. The van der Waals surface area contributed by atoms with Gasteiger partial charge in [-0.2, -0.15) is 5.26 Å². The van der Waals surface area contributed by atoms with Gasteiger partial charge in [0.2, 0.25) is 0 Å². The van der Waals surface area contributed by atoms with Crippen molar-refractivity contribution in [3.63, 3.8) is 0 Å². The van der Waals surface area contributed by atoms with Crippen LogP contribution in [0.3, 0.4) is 0 Å². The highest BCUT2D eigenvalue weighted by molar-refractivity contribution is 9.10. The maximum atomic E-state index is 8.47. The van der Waals surface area contributed by atoms with Crippen LogP contribution in [-0.4, -0.2) is 20.8 Å². The van der Waals surface area contributed by atoms with Crippen LogP contribution in [0.1, 0.15) is 24.8 Å². The Hall–Kier alpha value is -1.25. The smallest absolute Gasteiger partial charge is 0.175 e. The molecule has 0 aliphatic rings. The van der Waals surface area contributed by atoms with Crippen LogP contribution in [0.5, 0.6) is 11.5 Å². The minimum absolute atomic E-state index is 0.572. The van der Waals surface area contributed by atoms with E-state index >= 15 is 0 Å². The first-order valence-corrected chi connectivity index (χ1v) is 7.03. The maximum absolute atomic E-state index is 8.47. The lowest BCUT2D eigenvalue weighted by Crippen LogP contribution is -2.06. The van der Waals surface area contributed by atoms with Crippen LogP contribution in [0.15, 0.2) is 16.6 Å². The number of hydrogen-bond donors (Lipinski definition) is 1. The largest absolute Gasteiger partial charge is 0.493 e. The molecule has 104 valence electrons. The van der Waals surface area contributed by atoms with Crippen molar-refractivity contribution >= 4 is 15.9 Å². The number of rotatable bonds is 8. The summed E-state index contributed by atoms with van der Waals surface area (Å²) in [6.45, 7) is 1.36. The van der Waals surface area contributed by atoms with Crippen LogP contribution in [0.2, 0.25) is 0 Å². The van der Waals surface area contributed by atoms with Crippen molar-refractivity contribution in [1.82, 2.24) is 5.32 Å².